The molecule has 0 saturated heterocycles. The molecule has 0 spiro atoms. The van der Waals surface area contributed by atoms with Crippen molar-refractivity contribution in [1.82, 2.24) is 0 Å². The molecule has 0 aromatic heterocycles. The van der Waals surface area contributed by atoms with Gasteiger partial charge in [0.1, 0.15) is 5.75 Å². The highest BCUT2D eigenvalue weighted by atomic mass is 79.9. The van der Waals surface area contributed by atoms with Gasteiger partial charge in [-0.1, -0.05) is 58.4 Å². The lowest BCUT2D eigenvalue weighted by Crippen LogP contribution is -2.32. The lowest BCUT2D eigenvalue weighted by atomic mass is 10.1. The van der Waals surface area contributed by atoms with Crippen molar-refractivity contribution in [3.63, 3.8) is 0 Å². The van der Waals surface area contributed by atoms with E-state index in [2.05, 4.69) is 26.0 Å². The lowest BCUT2D eigenvalue weighted by molar-refractivity contribution is 0.102. The van der Waals surface area contributed by atoms with Gasteiger partial charge < -0.3 is 10.1 Å². The van der Waals surface area contributed by atoms with Gasteiger partial charge in [-0.05, 0) is 90.5 Å². The second-order valence-corrected chi connectivity index (χ2v) is 14.2. The molecule has 0 heterocycles. The molecule has 45 heavy (non-hydrogen) atoms. The number of sulfonamides is 2. The molecular weight excluding hydrogens is 678 g/mol. The Morgan fingerprint density at radius 2 is 1.29 bits per heavy atom. The molecule has 0 atom stereocenters. The molecule has 0 aliphatic rings. The van der Waals surface area contributed by atoms with E-state index in [9.17, 15) is 21.6 Å². The number of carbonyl (C=O) groups is 1. The fourth-order valence-corrected chi connectivity index (χ4v) is 7.25. The molecule has 5 aromatic rings. The predicted octanol–water partition coefficient (Wildman–Crippen LogP) is 6.91. The number of benzene rings is 5. The highest BCUT2D eigenvalue weighted by molar-refractivity contribution is 9.10. The number of ether oxygens (including phenoxy) is 1. The molecule has 0 fully saturated rings. The van der Waals surface area contributed by atoms with Crippen LogP contribution in [0.5, 0.6) is 5.75 Å². The minimum absolute atomic E-state index is 0.00318. The normalized spacial score (nSPS) is 11.4. The molecule has 0 radical (unpaired) electrons. The Morgan fingerprint density at radius 1 is 0.711 bits per heavy atom. The van der Waals surface area contributed by atoms with Gasteiger partial charge in [0.15, 0.2) is 0 Å². The average Bonchev–Trinajstić information content (AvgIpc) is 3.05. The second kappa shape index (κ2) is 13.6. The molecule has 0 saturated carbocycles. The predicted molar refractivity (Wildman–Crippen MR) is 179 cm³/mol. The molecule has 0 aliphatic heterocycles. The maximum absolute atomic E-state index is 14.0. The number of rotatable bonds is 11. The van der Waals surface area contributed by atoms with E-state index in [0.29, 0.717) is 17.1 Å². The summed E-state index contributed by atoms with van der Waals surface area (Å²) in [6.07, 6.45) is 0. The topological polar surface area (TPSA) is 122 Å². The van der Waals surface area contributed by atoms with Crippen LogP contribution in [0.2, 0.25) is 0 Å². The number of nitrogens with zero attached hydrogens (tertiary/aromatic N) is 1. The molecule has 12 heteroatoms. The first-order valence-corrected chi connectivity index (χ1v) is 17.3. The molecule has 5 rings (SSSR count). The van der Waals surface area contributed by atoms with Crippen molar-refractivity contribution in [2.24, 2.45) is 0 Å². The summed E-state index contributed by atoms with van der Waals surface area (Å²) in [5, 5.41) is 2.76. The number of halogens is 1. The van der Waals surface area contributed by atoms with Gasteiger partial charge in [0, 0.05) is 15.8 Å². The van der Waals surface area contributed by atoms with Crippen molar-refractivity contribution >= 4 is 58.9 Å². The Bertz CT molecular complexity index is 2000. The summed E-state index contributed by atoms with van der Waals surface area (Å²) in [7, 11) is -6.52. The number of carbonyl (C=O) groups excluding carboxylic acids is 1. The van der Waals surface area contributed by atoms with E-state index in [1.807, 2.05) is 18.2 Å². The number of amides is 1. The quantitative estimate of drug-likeness (QED) is 0.154. The first-order valence-electron chi connectivity index (χ1n) is 13.6. The summed E-state index contributed by atoms with van der Waals surface area (Å²) in [4.78, 5) is 13.6. The number of nitrogens with one attached hydrogen (secondary N) is 2. The van der Waals surface area contributed by atoms with Crippen LogP contribution in [0.3, 0.4) is 0 Å². The van der Waals surface area contributed by atoms with Crippen LogP contribution in [0.1, 0.15) is 15.9 Å². The Morgan fingerprint density at radius 3 is 1.93 bits per heavy atom. The number of anilines is 3. The summed E-state index contributed by atoms with van der Waals surface area (Å²) < 4.78 is 63.5. The summed E-state index contributed by atoms with van der Waals surface area (Å²) in [6, 6.07) is 33.9. The van der Waals surface area contributed by atoms with Crippen LogP contribution in [0, 0.1) is 0 Å². The minimum atomic E-state index is -4.13. The molecule has 1 amide bonds. The van der Waals surface area contributed by atoms with Crippen molar-refractivity contribution in [3.05, 3.63) is 143 Å². The van der Waals surface area contributed by atoms with Crippen LogP contribution >= 0.6 is 15.9 Å². The molecule has 9 nitrogen and oxygen atoms in total. The van der Waals surface area contributed by atoms with Gasteiger partial charge in [-0.25, -0.2) is 16.8 Å². The molecule has 230 valence electrons. The van der Waals surface area contributed by atoms with Crippen molar-refractivity contribution in [3.8, 4) is 5.75 Å². The van der Waals surface area contributed by atoms with Gasteiger partial charge in [0.2, 0.25) is 0 Å². The van der Waals surface area contributed by atoms with Crippen LogP contribution in [-0.2, 0) is 26.6 Å². The smallest absolute Gasteiger partial charge is 0.264 e. The fraction of sp³-hybridized carbons (Fsp3) is 0.0606. The van der Waals surface area contributed by atoms with Gasteiger partial charge in [-0.2, -0.15) is 0 Å². The van der Waals surface area contributed by atoms with Gasteiger partial charge in [0.05, 0.1) is 34.7 Å². The van der Waals surface area contributed by atoms with Gasteiger partial charge in [-0.15, -0.1) is 0 Å². The van der Waals surface area contributed by atoms with Gasteiger partial charge in [0.25, 0.3) is 26.0 Å². The Labute approximate surface area is 270 Å². The lowest BCUT2D eigenvalue weighted by Gasteiger charge is -2.26. The summed E-state index contributed by atoms with van der Waals surface area (Å²) in [5.74, 6) is -0.0663. The van der Waals surface area contributed by atoms with Crippen LogP contribution in [0.25, 0.3) is 0 Å². The van der Waals surface area contributed by atoms with Crippen molar-refractivity contribution in [1.29, 1.82) is 0 Å². The van der Waals surface area contributed by atoms with Crippen molar-refractivity contribution in [2.45, 2.75) is 16.3 Å². The summed E-state index contributed by atoms with van der Waals surface area (Å²) in [5.41, 5.74) is 1.73. The fourth-order valence-electron chi connectivity index (χ4n) is 4.45. The second-order valence-electron chi connectivity index (χ2n) is 9.78. The van der Waals surface area contributed by atoms with E-state index >= 15 is 0 Å². The highest BCUT2D eigenvalue weighted by Crippen LogP contribution is 2.31. The van der Waals surface area contributed by atoms with Crippen LogP contribution in [0.15, 0.2) is 142 Å². The largest absolute Gasteiger partial charge is 0.497 e. The maximum atomic E-state index is 14.0. The summed E-state index contributed by atoms with van der Waals surface area (Å²) in [6.45, 7) is -0.0303. The van der Waals surface area contributed by atoms with E-state index in [0.717, 1.165) is 10.0 Å². The third kappa shape index (κ3) is 7.54. The first-order chi connectivity index (χ1) is 21.6. The standard InChI is InChI=1S/C33H28BrN3O6S2/c1-43-28-17-21-30(22-18-28)45(41,42)37(23-24-7-3-2-4-8-24)32-10-6-5-9-31(32)33(38)35-26-15-19-29(20-16-26)44(39,40)36-27-13-11-25(34)12-14-27/h2-22,36H,23H2,1H3,(H,35,38). The van der Waals surface area contributed by atoms with Crippen LogP contribution < -0.4 is 19.1 Å². The van der Waals surface area contributed by atoms with Gasteiger partial charge in [-0.3, -0.25) is 13.8 Å². The molecule has 5 aromatic carbocycles. The number of methoxy groups -OCH3 is 1. The minimum Gasteiger partial charge on any atom is -0.497 e. The molecular formula is C33H28BrN3O6S2. The van der Waals surface area contributed by atoms with Crippen LogP contribution in [0.4, 0.5) is 17.1 Å². The number of hydrogen-bond donors (Lipinski definition) is 2. The third-order valence-electron chi connectivity index (χ3n) is 6.75. The zero-order valence-corrected chi connectivity index (χ0v) is 27.1. The molecule has 0 aliphatic carbocycles. The Kier molecular flexibility index (Phi) is 9.57. The maximum Gasteiger partial charge on any atom is 0.264 e. The van der Waals surface area contributed by atoms with Crippen molar-refractivity contribution < 1.29 is 26.4 Å². The zero-order valence-electron chi connectivity index (χ0n) is 23.9. The molecule has 2 N–H and O–H groups in total. The summed E-state index contributed by atoms with van der Waals surface area (Å²) >= 11 is 3.32. The van der Waals surface area contributed by atoms with Gasteiger partial charge >= 0.3 is 0 Å². The Balaban J connectivity index is 1.43. The van der Waals surface area contributed by atoms with E-state index < -0.39 is 26.0 Å². The highest BCUT2D eigenvalue weighted by Gasteiger charge is 2.29. The number of hydrogen-bond acceptors (Lipinski definition) is 6. The third-order valence-corrected chi connectivity index (χ3v) is 10.5. The van der Waals surface area contributed by atoms with Crippen molar-refractivity contribution in [2.75, 3.05) is 21.5 Å². The monoisotopic (exact) mass is 705 g/mol. The van der Waals surface area contributed by atoms with E-state index in [4.69, 9.17) is 4.74 Å². The van der Waals surface area contributed by atoms with E-state index in [-0.39, 0.29) is 27.6 Å². The molecule has 0 unspecified atom stereocenters. The zero-order chi connectivity index (χ0) is 32.0. The number of para-hydroxylation sites is 1. The average molecular weight is 707 g/mol. The molecule has 0 bridgehead atoms. The van der Waals surface area contributed by atoms with E-state index in [1.165, 1.54) is 53.9 Å². The SMILES string of the molecule is COc1ccc(S(=O)(=O)N(Cc2ccccc2)c2ccccc2C(=O)Nc2ccc(S(=O)(=O)Nc3ccc(Br)cc3)cc2)cc1. The first kappa shape index (κ1) is 31.8. The van der Waals surface area contributed by atoms with Crippen LogP contribution in [-0.4, -0.2) is 29.9 Å². The Hall–Kier alpha value is -4.65. The van der Waals surface area contributed by atoms with E-state index in [1.54, 1.807) is 66.7 Å².